The van der Waals surface area contributed by atoms with Crippen LogP contribution >= 0.6 is 12.6 Å². The van der Waals surface area contributed by atoms with E-state index in [0.717, 1.165) is 12.8 Å². The first-order valence-electron chi connectivity index (χ1n) is 4.68. The van der Waals surface area contributed by atoms with Gasteiger partial charge in [-0.3, -0.25) is 0 Å². The topological polar surface area (TPSA) is 20.2 Å². The zero-order valence-corrected chi connectivity index (χ0v) is 9.78. The van der Waals surface area contributed by atoms with E-state index in [-0.39, 0.29) is 4.75 Å². The molecule has 0 aromatic carbocycles. The minimum absolute atomic E-state index is 0.301. The molecule has 0 amide bonds. The Kier molecular flexibility index (Phi) is 4.12. The minimum Gasteiger partial charge on any atom is -0.388 e. The van der Waals surface area contributed by atoms with E-state index in [2.05, 4.69) is 26.5 Å². The van der Waals surface area contributed by atoms with E-state index in [0.29, 0.717) is 5.92 Å². The van der Waals surface area contributed by atoms with Crippen LogP contribution in [0, 0.1) is 5.92 Å². The Labute approximate surface area is 82.0 Å². The van der Waals surface area contributed by atoms with Gasteiger partial charge in [0.1, 0.15) is 0 Å². The third-order valence-electron chi connectivity index (χ3n) is 2.92. The molecule has 0 rings (SSSR count). The lowest BCUT2D eigenvalue weighted by atomic mass is 9.78. The number of rotatable bonds is 4. The summed E-state index contributed by atoms with van der Waals surface area (Å²) in [4.78, 5) is 0. The van der Waals surface area contributed by atoms with Crippen molar-refractivity contribution in [2.45, 2.75) is 57.8 Å². The third kappa shape index (κ3) is 2.67. The average molecular weight is 190 g/mol. The van der Waals surface area contributed by atoms with Crippen LogP contribution in [0.1, 0.15) is 47.5 Å². The first-order chi connectivity index (χ1) is 5.23. The van der Waals surface area contributed by atoms with Crippen molar-refractivity contribution in [3.05, 3.63) is 0 Å². The van der Waals surface area contributed by atoms with Gasteiger partial charge in [-0.25, -0.2) is 0 Å². The largest absolute Gasteiger partial charge is 0.388 e. The molecule has 0 bridgehead atoms. The summed E-state index contributed by atoms with van der Waals surface area (Å²) in [6.45, 7) is 10.0. The second kappa shape index (κ2) is 4.01. The Bertz CT molecular complexity index is 135. The molecule has 0 aromatic rings. The summed E-state index contributed by atoms with van der Waals surface area (Å²) in [5.41, 5.74) is -0.688. The maximum Gasteiger partial charge on any atom is 0.0783 e. The molecule has 12 heavy (non-hydrogen) atoms. The molecule has 0 radical (unpaired) electrons. The van der Waals surface area contributed by atoms with Crippen LogP contribution in [0.25, 0.3) is 0 Å². The van der Waals surface area contributed by atoms with E-state index in [9.17, 15) is 5.11 Å². The van der Waals surface area contributed by atoms with E-state index in [1.807, 2.05) is 20.8 Å². The first kappa shape index (κ1) is 12.3. The van der Waals surface area contributed by atoms with Crippen LogP contribution in [-0.4, -0.2) is 15.5 Å². The Hall–Kier alpha value is 0.310. The highest BCUT2D eigenvalue weighted by Crippen LogP contribution is 2.36. The molecule has 2 atom stereocenters. The third-order valence-corrected chi connectivity index (χ3v) is 3.37. The van der Waals surface area contributed by atoms with Gasteiger partial charge in [0.15, 0.2) is 0 Å². The van der Waals surface area contributed by atoms with Crippen molar-refractivity contribution in [2.75, 3.05) is 0 Å². The van der Waals surface area contributed by atoms with Gasteiger partial charge in [-0.15, -0.1) is 0 Å². The summed E-state index contributed by atoms with van der Waals surface area (Å²) in [6, 6.07) is 0. The molecule has 2 heteroatoms. The van der Waals surface area contributed by atoms with Gasteiger partial charge >= 0.3 is 0 Å². The van der Waals surface area contributed by atoms with Gasteiger partial charge in [-0.05, 0) is 33.1 Å². The van der Waals surface area contributed by atoms with E-state index in [1.54, 1.807) is 0 Å². The molecular weight excluding hydrogens is 168 g/mol. The lowest BCUT2D eigenvalue weighted by molar-refractivity contribution is -0.0231. The summed E-state index contributed by atoms with van der Waals surface area (Å²) >= 11 is 4.42. The SMILES string of the molecule is CCCC(C)C(C)(O)C(C)(C)S. The molecule has 0 heterocycles. The highest BCUT2D eigenvalue weighted by atomic mass is 32.1. The zero-order chi connectivity index (χ0) is 9.99. The lowest BCUT2D eigenvalue weighted by Gasteiger charge is -2.41. The molecule has 0 aliphatic carbocycles. The van der Waals surface area contributed by atoms with Gasteiger partial charge in [0, 0.05) is 4.75 Å². The molecule has 0 saturated carbocycles. The predicted octanol–water partition coefficient (Wildman–Crippen LogP) is 2.88. The van der Waals surface area contributed by atoms with Crippen LogP contribution in [0.3, 0.4) is 0 Å². The summed E-state index contributed by atoms with van der Waals surface area (Å²) in [5, 5.41) is 10.2. The van der Waals surface area contributed by atoms with Crippen molar-refractivity contribution in [3.8, 4) is 0 Å². The molecule has 0 fully saturated rings. The quantitative estimate of drug-likeness (QED) is 0.653. The minimum atomic E-state index is -0.688. The highest BCUT2D eigenvalue weighted by Gasteiger charge is 2.40. The number of hydrogen-bond acceptors (Lipinski definition) is 2. The Morgan fingerprint density at radius 3 is 2.00 bits per heavy atom. The van der Waals surface area contributed by atoms with Crippen LogP contribution in [-0.2, 0) is 0 Å². The van der Waals surface area contributed by atoms with Crippen molar-refractivity contribution in [1.29, 1.82) is 0 Å². The molecule has 0 spiro atoms. The van der Waals surface area contributed by atoms with Crippen LogP contribution in [0.5, 0.6) is 0 Å². The van der Waals surface area contributed by atoms with Crippen molar-refractivity contribution < 1.29 is 5.11 Å². The van der Waals surface area contributed by atoms with Gasteiger partial charge in [0.25, 0.3) is 0 Å². The molecular formula is C10H22OS. The maximum absolute atomic E-state index is 10.2. The van der Waals surface area contributed by atoms with Crippen LogP contribution < -0.4 is 0 Å². The van der Waals surface area contributed by atoms with Crippen molar-refractivity contribution in [3.63, 3.8) is 0 Å². The van der Waals surface area contributed by atoms with Crippen molar-refractivity contribution in [1.82, 2.24) is 0 Å². The fourth-order valence-electron chi connectivity index (χ4n) is 1.32. The summed E-state index contributed by atoms with van der Waals surface area (Å²) in [5.74, 6) is 0.301. The van der Waals surface area contributed by atoms with Crippen LogP contribution in [0.2, 0.25) is 0 Å². The van der Waals surface area contributed by atoms with Gasteiger partial charge in [-0.1, -0.05) is 20.3 Å². The number of thiol groups is 1. The molecule has 0 aromatic heterocycles. The molecule has 1 nitrogen and oxygen atoms in total. The Morgan fingerprint density at radius 2 is 1.75 bits per heavy atom. The molecule has 2 unspecified atom stereocenters. The molecule has 1 N–H and O–H groups in total. The van der Waals surface area contributed by atoms with Gasteiger partial charge in [0.2, 0.25) is 0 Å². The summed E-state index contributed by atoms with van der Waals surface area (Å²) in [6.07, 6.45) is 2.16. The van der Waals surface area contributed by atoms with E-state index < -0.39 is 5.60 Å². The molecule has 74 valence electrons. The van der Waals surface area contributed by atoms with Crippen molar-refractivity contribution in [2.24, 2.45) is 5.92 Å². The smallest absolute Gasteiger partial charge is 0.0783 e. The monoisotopic (exact) mass is 190 g/mol. The zero-order valence-electron chi connectivity index (χ0n) is 8.89. The normalized spacial score (nSPS) is 20.2. The number of aliphatic hydroxyl groups is 1. The van der Waals surface area contributed by atoms with Gasteiger partial charge in [-0.2, -0.15) is 12.6 Å². The predicted molar refractivity (Wildman–Crippen MR) is 57.8 cm³/mol. The fraction of sp³-hybridized carbons (Fsp3) is 1.00. The standard InChI is InChI=1S/C10H22OS/c1-6-7-8(2)10(5,11)9(3,4)12/h8,11-12H,6-7H2,1-5H3. The Morgan fingerprint density at radius 1 is 1.33 bits per heavy atom. The number of hydrogen-bond donors (Lipinski definition) is 2. The summed E-state index contributed by atoms with van der Waals surface area (Å²) < 4.78 is -0.332. The van der Waals surface area contributed by atoms with Crippen LogP contribution in [0.4, 0.5) is 0 Å². The van der Waals surface area contributed by atoms with Crippen LogP contribution in [0.15, 0.2) is 0 Å². The van der Waals surface area contributed by atoms with E-state index in [4.69, 9.17) is 0 Å². The maximum atomic E-state index is 10.2. The van der Waals surface area contributed by atoms with E-state index >= 15 is 0 Å². The van der Waals surface area contributed by atoms with Gasteiger partial charge < -0.3 is 5.11 Å². The molecule has 0 aliphatic heterocycles. The van der Waals surface area contributed by atoms with Crippen molar-refractivity contribution >= 4 is 12.6 Å². The molecule has 0 saturated heterocycles. The highest BCUT2D eigenvalue weighted by molar-refractivity contribution is 7.81. The van der Waals surface area contributed by atoms with E-state index in [1.165, 1.54) is 0 Å². The first-order valence-corrected chi connectivity index (χ1v) is 5.13. The second-order valence-electron chi connectivity index (χ2n) is 4.40. The lowest BCUT2D eigenvalue weighted by Crippen LogP contribution is -2.48. The summed E-state index contributed by atoms with van der Waals surface area (Å²) in [7, 11) is 0. The molecule has 0 aliphatic rings. The Balaban J connectivity index is 4.38. The second-order valence-corrected chi connectivity index (χ2v) is 5.51. The fourth-order valence-corrected chi connectivity index (χ4v) is 1.54. The average Bonchev–Trinajstić information content (AvgIpc) is 1.85. The van der Waals surface area contributed by atoms with Gasteiger partial charge in [0.05, 0.1) is 5.60 Å².